The molecule has 1 saturated heterocycles. The summed E-state index contributed by atoms with van der Waals surface area (Å²) in [5.74, 6) is -0.303. The molecule has 0 spiro atoms. The first-order valence-electron chi connectivity index (χ1n) is 5.49. The largest absolute Gasteiger partial charge is 0.383 e. The number of hydrogen-bond acceptors (Lipinski definition) is 6. The van der Waals surface area contributed by atoms with Crippen LogP contribution in [0.2, 0.25) is 0 Å². The number of ketones is 1. The summed E-state index contributed by atoms with van der Waals surface area (Å²) in [5.41, 5.74) is 0.188. The molecule has 0 bridgehead atoms. The minimum absolute atomic E-state index is 0.133. The number of ether oxygens (including phenoxy) is 1. The highest BCUT2D eigenvalue weighted by atomic mass is 16.6. The lowest BCUT2D eigenvalue weighted by molar-refractivity contribution is -0.386. The summed E-state index contributed by atoms with van der Waals surface area (Å²) >= 11 is 0. The van der Waals surface area contributed by atoms with Gasteiger partial charge in [-0.15, -0.1) is 0 Å². The maximum atomic E-state index is 11.3. The van der Waals surface area contributed by atoms with Crippen LogP contribution in [0.5, 0.6) is 0 Å². The number of nitrogens with zero attached hydrogens (tertiary/aromatic N) is 3. The lowest BCUT2D eigenvalue weighted by Crippen LogP contribution is -2.23. The zero-order chi connectivity index (χ0) is 13.3. The highest BCUT2D eigenvalue weighted by Crippen LogP contribution is 2.32. The number of aromatic nitrogens is 2. The van der Waals surface area contributed by atoms with Gasteiger partial charge in [0.1, 0.15) is 24.1 Å². The fraction of sp³-hybridized carbons (Fsp3) is 0.600. The number of aliphatic hydroxyl groups is 1. The Hall–Kier alpha value is -1.80. The molecule has 0 aromatic carbocycles. The lowest BCUT2D eigenvalue weighted by atomic mass is 10.1. The van der Waals surface area contributed by atoms with E-state index in [1.807, 2.05) is 0 Å². The molecule has 2 atom stereocenters. The van der Waals surface area contributed by atoms with Crippen molar-refractivity contribution in [1.82, 2.24) is 9.78 Å². The van der Waals surface area contributed by atoms with Gasteiger partial charge in [0, 0.05) is 13.5 Å². The SMILES string of the molecule is Cn1ncc([N+](=O)[O-])c1C1CCC(=O)[C@@H](O)CO1. The molecule has 8 nitrogen and oxygen atoms in total. The molecule has 0 amide bonds. The van der Waals surface area contributed by atoms with Crippen molar-refractivity contribution in [3.05, 3.63) is 22.0 Å². The predicted octanol–water partition coefficient (Wildman–Crippen LogP) is 0.110. The number of aliphatic hydroxyl groups excluding tert-OH is 1. The van der Waals surface area contributed by atoms with Gasteiger partial charge in [-0.1, -0.05) is 0 Å². The Labute approximate surface area is 102 Å². The first kappa shape index (κ1) is 12.7. The Morgan fingerprint density at radius 3 is 3.06 bits per heavy atom. The summed E-state index contributed by atoms with van der Waals surface area (Å²) < 4.78 is 6.73. The normalized spacial score (nSPS) is 24.9. The second kappa shape index (κ2) is 4.83. The van der Waals surface area contributed by atoms with Gasteiger partial charge in [0.15, 0.2) is 5.78 Å². The van der Waals surface area contributed by atoms with Crippen LogP contribution in [-0.2, 0) is 16.6 Å². The fourth-order valence-electron chi connectivity index (χ4n) is 1.99. The van der Waals surface area contributed by atoms with Crippen LogP contribution >= 0.6 is 0 Å². The van der Waals surface area contributed by atoms with Crippen LogP contribution in [-0.4, -0.2) is 38.3 Å². The van der Waals surface area contributed by atoms with Crippen molar-refractivity contribution in [2.75, 3.05) is 6.61 Å². The molecule has 0 aliphatic carbocycles. The minimum Gasteiger partial charge on any atom is -0.383 e. The predicted molar refractivity (Wildman–Crippen MR) is 58.8 cm³/mol. The Balaban J connectivity index is 2.28. The molecule has 1 unspecified atom stereocenters. The maximum Gasteiger partial charge on any atom is 0.312 e. The van der Waals surface area contributed by atoms with Gasteiger partial charge < -0.3 is 9.84 Å². The lowest BCUT2D eigenvalue weighted by Gasteiger charge is -2.14. The zero-order valence-electron chi connectivity index (χ0n) is 9.78. The topological polar surface area (TPSA) is 107 Å². The summed E-state index contributed by atoms with van der Waals surface area (Å²) in [6, 6.07) is 0. The molecule has 1 aliphatic rings. The van der Waals surface area contributed by atoms with Crippen LogP contribution < -0.4 is 0 Å². The first-order valence-corrected chi connectivity index (χ1v) is 5.49. The first-order chi connectivity index (χ1) is 8.50. The second-order valence-electron chi connectivity index (χ2n) is 4.14. The van der Waals surface area contributed by atoms with Crippen molar-refractivity contribution in [3.63, 3.8) is 0 Å². The highest BCUT2D eigenvalue weighted by Gasteiger charge is 2.32. The van der Waals surface area contributed by atoms with Crippen LogP contribution in [0.1, 0.15) is 24.6 Å². The van der Waals surface area contributed by atoms with Crippen molar-refractivity contribution < 1.29 is 19.6 Å². The molecule has 98 valence electrons. The van der Waals surface area contributed by atoms with Crippen LogP contribution in [0, 0.1) is 10.1 Å². The smallest absolute Gasteiger partial charge is 0.312 e. The third-order valence-electron chi connectivity index (χ3n) is 2.95. The van der Waals surface area contributed by atoms with E-state index in [9.17, 15) is 20.0 Å². The molecule has 1 N–H and O–H groups in total. The van der Waals surface area contributed by atoms with E-state index in [2.05, 4.69) is 5.10 Å². The number of Topliss-reactive ketones (excluding diaryl/α,β-unsaturated/α-hetero) is 1. The third-order valence-corrected chi connectivity index (χ3v) is 2.95. The number of rotatable bonds is 2. The molecule has 8 heteroatoms. The quantitative estimate of drug-likeness (QED) is 0.593. The van der Waals surface area contributed by atoms with Gasteiger partial charge in [0.2, 0.25) is 0 Å². The molecular formula is C10H13N3O5. The number of nitro groups is 1. The van der Waals surface area contributed by atoms with Gasteiger partial charge in [0.25, 0.3) is 0 Å². The van der Waals surface area contributed by atoms with Crippen LogP contribution in [0.4, 0.5) is 5.69 Å². The van der Waals surface area contributed by atoms with Gasteiger partial charge >= 0.3 is 5.69 Å². The van der Waals surface area contributed by atoms with E-state index in [0.29, 0.717) is 12.1 Å². The second-order valence-corrected chi connectivity index (χ2v) is 4.14. The molecular weight excluding hydrogens is 242 g/mol. The summed E-state index contributed by atoms with van der Waals surface area (Å²) in [7, 11) is 1.58. The van der Waals surface area contributed by atoms with Gasteiger partial charge in [0.05, 0.1) is 11.5 Å². The monoisotopic (exact) mass is 255 g/mol. The molecule has 1 aromatic rings. The van der Waals surface area contributed by atoms with E-state index < -0.39 is 17.1 Å². The summed E-state index contributed by atoms with van der Waals surface area (Å²) in [5, 5.41) is 24.1. The molecule has 1 fully saturated rings. The van der Waals surface area contributed by atoms with E-state index >= 15 is 0 Å². The van der Waals surface area contributed by atoms with Crippen molar-refractivity contribution in [1.29, 1.82) is 0 Å². The minimum atomic E-state index is -1.15. The van der Waals surface area contributed by atoms with Crippen molar-refractivity contribution in [2.24, 2.45) is 7.05 Å². The Bertz CT molecular complexity index is 484. The average molecular weight is 255 g/mol. The molecule has 0 saturated carbocycles. The van der Waals surface area contributed by atoms with Crippen LogP contribution in [0.3, 0.4) is 0 Å². The zero-order valence-corrected chi connectivity index (χ0v) is 9.78. The summed E-state index contributed by atoms with van der Waals surface area (Å²) in [6.45, 7) is -0.147. The van der Waals surface area contributed by atoms with E-state index in [4.69, 9.17) is 4.74 Å². The van der Waals surface area contributed by atoms with Gasteiger partial charge in [-0.25, -0.2) is 0 Å². The van der Waals surface area contributed by atoms with E-state index in [0.717, 1.165) is 6.20 Å². The van der Waals surface area contributed by atoms with Gasteiger partial charge in [-0.2, -0.15) is 5.10 Å². The van der Waals surface area contributed by atoms with Crippen LogP contribution in [0.15, 0.2) is 6.20 Å². The Morgan fingerprint density at radius 2 is 2.39 bits per heavy atom. The van der Waals surface area contributed by atoms with E-state index in [1.165, 1.54) is 4.68 Å². The number of carbonyl (C=O) groups excluding carboxylic acids is 1. The summed E-state index contributed by atoms with van der Waals surface area (Å²) in [6.07, 6.45) is -0.159. The van der Waals surface area contributed by atoms with Gasteiger partial charge in [-0.3, -0.25) is 19.6 Å². The molecule has 1 aliphatic heterocycles. The third kappa shape index (κ3) is 2.24. The molecule has 18 heavy (non-hydrogen) atoms. The van der Waals surface area contributed by atoms with Crippen molar-refractivity contribution in [2.45, 2.75) is 25.0 Å². The highest BCUT2D eigenvalue weighted by molar-refractivity contribution is 5.83. The summed E-state index contributed by atoms with van der Waals surface area (Å²) in [4.78, 5) is 21.7. The fourth-order valence-corrected chi connectivity index (χ4v) is 1.99. The van der Waals surface area contributed by atoms with Crippen LogP contribution in [0.25, 0.3) is 0 Å². The van der Waals surface area contributed by atoms with Crippen molar-refractivity contribution >= 4 is 11.5 Å². The van der Waals surface area contributed by atoms with Crippen molar-refractivity contribution in [3.8, 4) is 0 Å². The van der Waals surface area contributed by atoms with Gasteiger partial charge in [-0.05, 0) is 6.42 Å². The molecule has 2 rings (SSSR count). The van der Waals surface area contributed by atoms with E-state index in [1.54, 1.807) is 7.05 Å². The number of carbonyl (C=O) groups is 1. The molecule has 0 radical (unpaired) electrons. The average Bonchev–Trinajstić information content (AvgIpc) is 2.63. The Kier molecular flexibility index (Phi) is 3.39. The maximum absolute atomic E-state index is 11.3. The molecule has 2 heterocycles. The van der Waals surface area contributed by atoms with E-state index in [-0.39, 0.29) is 24.5 Å². The molecule has 1 aromatic heterocycles. The Morgan fingerprint density at radius 1 is 1.67 bits per heavy atom. The number of aryl methyl sites for hydroxylation is 1. The standard InChI is InChI=1S/C10H13N3O5/c1-12-10(6(4-11-12)13(16)17)9-3-2-7(14)8(15)5-18-9/h4,8-9,15H,2-3,5H2,1H3/t8-,9?/m0/s1. The number of hydrogen-bond donors (Lipinski definition) is 1.